The highest BCUT2D eigenvalue weighted by Gasteiger charge is 2.29. The van der Waals surface area contributed by atoms with E-state index in [9.17, 15) is 4.79 Å². The van der Waals surface area contributed by atoms with Crippen LogP contribution in [0.15, 0.2) is 36.7 Å². The number of thiophene rings is 1. The normalized spacial score (nSPS) is 19.8. The van der Waals surface area contributed by atoms with E-state index in [4.69, 9.17) is 0 Å². The van der Waals surface area contributed by atoms with Crippen molar-refractivity contribution in [2.45, 2.75) is 39.2 Å². The first-order valence-corrected chi connectivity index (χ1v) is 12.0. The van der Waals surface area contributed by atoms with Crippen molar-refractivity contribution in [2.75, 3.05) is 42.5 Å². The maximum atomic E-state index is 13.4. The molecule has 0 unspecified atom stereocenters. The number of benzene rings is 1. The molecule has 7 heteroatoms. The molecule has 31 heavy (non-hydrogen) atoms. The third-order valence-electron chi connectivity index (χ3n) is 6.66. The van der Waals surface area contributed by atoms with Crippen molar-refractivity contribution in [1.82, 2.24) is 14.9 Å². The Morgan fingerprint density at radius 2 is 1.81 bits per heavy atom. The number of carbonyl (C=O) groups is 1. The SMILES string of the molecule is Cc1c(C(=O)N2CCN(c3ccccc3)CC2)sc2ncnc(N3CCCC[C@@H]3C)c12. The van der Waals surface area contributed by atoms with Gasteiger partial charge in [0.15, 0.2) is 0 Å². The lowest BCUT2D eigenvalue weighted by Crippen LogP contribution is -2.48. The third kappa shape index (κ3) is 3.76. The summed E-state index contributed by atoms with van der Waals surface area (Å²) in [6.45, 7) is 8.55. The first-order chi connectivity index (χ1) is 15.1. The van der Waals surface area contributed by atoms with Crippen LogP contribution in [0.25, 0.3) is 10.2 Å². The number of piperazine rings is 1. The minimum Gasteiger partial charge on any atom is -0.368 e. The minimum absolute atomic E-state index is 0.130. The van der Waals surface area contributed by atoms with Crippen LogP contribution in [0.5, 0.6) is 0 Å². The number of para-hydroxylation sites is 1. The molecule has 2 aromatic heterocycles. The van der Waals surface area contributed by atoms with Gasteiger partial charge in [-0.15, -0.1) is 11.3 Å². The summed E-state index contributed by atoms with van der Waals surface area (Å²) in [5, 5.41) is 1.06. The molecule has 0 spiro atoms. The van der Waals surface area contributed by atoms with E-state index in [0.717, 1.165) is 59.2 Å². The number of anilines is 2. The number of carbonyl (C=O) groups excluding carboxylic acids is 1. The van der Waals surface area contributed by atoms with Crippen molar-refractivity contribution in [2.24, 2.45) is 0 Å². The van der Waals surface area contributed by atoms with E-state index < -0.39 is 0 Å². The highest BCUT2D eigenvalue weighted by molar-refractivity contribution is 7.20. The van der Waals surface area contributed by atoms with Gasteiger partial charge in [0.1, 0.15) is 17.0 Å². The zero-order valence-electron chi connectivity index (χ0n) is 18.3. The van der Waals surface area contributed by atoms with Gasteiger partial charge >= 0.3 is 0 Å². The molecule has 2 aliphatic heterocycles. The Balaban J connectivity index is 1.39. The Kier molecular flexibility index (Phi) is 5.52. The summed E-state index contributed by atoms with van der Waals surface area (Å²) in [5.74, 6) is 1.13. The van der Waals surface area contributed by atoms with E-state index in [1.165, 1.54) is 36.3 Å². The molecule has 2 fully saturated rings. The standard InChI is InChI=1S/C24H29N5OS/c1-17-8-6-7-11-29(17)22-20-18(2)21(31-23(20)26-16-25-22)24(30)28-14-12-27(13-15-28)19-9-4-3-5-10-19/h3-5,9-10,16-17H,6-8,11-15H2,1-2H3/t17-/m0/s1. The number of amides is 1. The monoisotopic (exact) mass is 435 g/mol. The second-order valence-corrected chi connectivity index (χ2v) is 9.59. The predicted molar refractivity (Wildman–Crippen MR) is 127 cm³/mol. The van der Waals surface area contributed by atoms with Crippen LogP contribution in [0.1, 0.15) is 41.4 Å². The second-order valence-electron chi connectivity index (χ2n) is 8.59. The first-order valence-electron chi connectivity index (χ1n) is 11.2. The van der Waals surface area contributed by atoms with E-state index >= 15 is 0 Å². The summed E-state index contributed by atoms with van der Waals surface area (Å²) in [6.07, 6.45) is 5.30. The van der Waals surface area contributed by atoms with Crippen LogP contribution in [0.4, 0.5) is 11.5 Å². The van der Waals surface area contributed by atoms with Crippen LogP contribution in [0.3, 0.4) is 0 Å². The quantitative estimate of drug-likeness (QED) is 0.613. The molecular weight excluding hydrogens is 406 g/mol. The van der Waals surface area contributed by atoms with Crippen LogP contribution < -0.4 is 9.80 Å². The molecule has 0 saturated carbocycles. The predicted octanol–water partition coefficient (Wildman–Crippen LogP) is 4.34. The molecular formula is C24H29N5OS. The number of fused-ring (bicyclic) bond motifs is 1. The summed E-state index contributed by atoms with van der Waals surface area (Å²) in [4.78, 5) is 31.1. The first kappa shape index (κ1) is 20.2. The highest BCUT2D eigenvalue weighted by Crippen LogP contribution is 2.37. The molecule has 4 heterocycles. The highest BCUT2D eigenvalue weighted by atomic mass is 32.1. The summed E-state index contributed by atoms with van der Waals surface area (Å²) in [5.41, 5.74) is 2.26. The molecule has 3 aromatic rings. The van der Waals surface area contributed by atoms with Gasteiger partial charge in [0, 0.05) is 44.5 Å². The molecule has 2 saturated heterocycles. The van der Waals surface area contributed by atoms with Crippen LogP contribution in [0.2, 0.25) is 0 Å². The maximum Gasteiger partial charge on any atom is 0.264 e. The van der Waals surface area contributed by atoms with Gasteiger partial charge in [-0.3, -0.25) is 4.79 Å². The van der Waals surface area contributed by atoms with Gasteiger partial charge in [-0.2, -0.15) is 0 Å². The molecule has 0 N–H and O–H groups in total. The molecule has 5 rings (SSSR count). The third-order valence-corrected chi connectivity index (χ3v) is 7.85. The zero-order valence-corrected chi connectivity index (χ0v) is 19.1. The molecule has 1 amide bonds. The van der Waals surface area contributed by atoms with E-state index in [-0.39, 0.29) is 5.91 Å². The molecule has 0 aliphatic carbocycles. The van der Waals surface area contributed by atoms with Crippen molar-refractivity contribution in [1.29, 1.82) is 0 Å². The Morgan fingerprint density at radius 1 is 1.03 bits per heavy atom. The summed E-state index contributed by atoms with van der Waals surface area (Å²) in [6, 6.07) is 10.9. The lowest BCUT2D eigenvalue weighted by Gasteiger charge is -2.36. The van der Waals surface area contributed by atoms with Crippen molar-refractivity contribution in [3.63, 3.8) is 0 Å². The lowest BCUT2D eigenvalue weighted by molar-refractivity contribution is 0.0751. The molecule has 1 atom stereocenters. The van der Waals surface area contributed by atoms with E-state index in [0.29, 0.717) is 6.04 Å². The van der Waals surface area contributed by atoms with Gasteiger partial charge in [0.05, 0.1) is 10.3 Å². The van der Waals surface area contributed by atoms with Gasteiger partial charge in [-0.05, 0) is 50.8 Å². The van der Waals surface area contributed by atoms with E-state index in [1.807, 2.05) is 11.0 Å². The van der Waals surface area contributed by atoms with Crippen molar-refractivity contribution in [3.05, 3.63) is 47.1 Å². The van der Waals surface area contributed by atoms with Gasteiger partial charge in [0.2, 0.25) is 0 Å². The number of piperidine rings is 1. The number of aromatic nitrogens is 2. The smallest absolute Gasteiger partial charge is 0.264 e. The maximum absolute atomic E-state index is 13.4. The Bertz CT molecular complexity index is 1070. The molecule has 0 bridgehead atoms. The number of rotatable bonds is 3. The average Bonchev–Trinajstić information content (AvgIpc) is 3.16. The van der Waals surface area contributed by atoms with Crippen LogP contribution >= 0.6 is 11.3 Å². The fraction of sp³-hybridized carbons (Fsp3) is 0.458. The van der Waals surface area contributed by atoms with Crippen molar-refractivity contribution >= 4 is 39.0 Å². The average molecular weight is 436 g/mol. The summed E-state index contributed by atoms with van der Waals surface area (Å²) in [7, 11) is 0. The van der Waals surface area contributed by atoms with Crippen LogP contribution in [-0.4, -0.2) is 59.5 Å². The number of nitrogens with zero attached hydrogens (tertiary/aromatic N) is 5. The molecule has 0 radical (unpaired) electrons. The Morgan fingerprint density at radius 3 is 2.55 bits per heavy atom. The summed E-state index contributed by atoms with van der Waals surface area (Å²) < 4.78 is 0. The van der Waals surface area contributed by atoms with Crippen LogP contribution in [0, 0.1) is 6.92 Å². The fourth-order valence-corrected chi connectivity index (χ4v) is 5.95. The van der Waals surface area contributed by atoms with Gasteiger partial charge < -0.3 is 14.7 Å². The van der Waals surface area contributed by atoms with Crippen molar-refractivity contribution in [3.8, 4) is 0 Å². The second kappa shape index (κ2) is 8.46. The number of hydrogen-bond donors (Lipinski definition) is 0. The Hall–Kier alpha value is -2.67. The number of hydrogen-bond acceptors (Lipinski definition) is 6. The number of aryl methyl sites for hydroxylation is 1. The van der Waals surface area contributed by atoms with E-state index in [1.54, 1.807) is 6.33 Å². The van der Waals surface area contributed by atoms with E-state index in [2.05, 4.69) is 57.9 Å². The molecule has 6 nitrogen and oxygen atoms in total. The largest absolute Gasteiger partial charge is 0.368 e. The van der Waals surface area contributed by atoms with Gasteiger partial charge in [0.25, 0.3) is 5.91 Å². The minimum atomic E-state index is 0.130. The topological polar surface area (TPSA) is 52.6 Å². The molecule has 1 aromatic carbocycles. The van der Waals surface area contributed by atoms with Gasteiger partial charge in [-0.25, -0.2) is 9.97 Å². The zero-order chi connectivity index (χ0) is 21.4. The van der Waals surface area contributed by atoms with Gasteiger partial charge in [-0.1, -0.05) is 18.2 Å². The molecule has 2 aliphatic rings. The summed E-state index contributed by atoms with van der Waals surface area (Å²) >= 11 is 1.52. The fourth-order valence-electron chi connectivity index (χ4n) is 4.84. The van der Waals surface area contributed by atoms with Crippen molar-refractivity contribution < 1.29 is 4.79 Å². The van der Waals surface area contributed by atoms with Crippen LogP contribution in [-0.2, 0) is 0 Å². The lowest BCUT2D eigenvalue weighted by atomic mass is 10.0. The molecule has 162 valence electrons. The Labute approximate surface area is 187 Å².